The summed E-state index contributed by atoms with van der Waals surface area (Å²) in [6.45, 7) is 6.85. The van der Waals surface area contributed by atoms with Crippen LogP contribution in [0.2, 0.25) is 0 Å². The number of rotatable bonds is 5. The predicted octanol–water partition coefficient (Wildman–Crippen LogP) is 0.112. The molecule has 138 valence electrons. The van der Waals surface area contributed by atoms with Crippen molar-refractivity contribution < 1.29 is 9.32 Å². The van der Waals surface area contributed by atoms with E-state index in [1.165, 1.54) is 12.8 Å². The molecule has 2 fully saturated rings. The van der Waals surface area contributed by atoms with Crippen molar-refractivity contribution >= 4 is 30.7 Å². The molecule has 1 aromatic heterocycles. The standard InChI is InChI=1S/C14H24N6O2.2ClH/c15-9-13-16-12(17-22-13)10-19-5-7-20(8-6-19)14(21)11-18-3-1-2-4-18;;/h1-11,15H2;2*1H. The van der Waals surface area contributed by atoms with Gasteiger partial charge < -0.3 is 15.2 Å². The third-order valence-corrected chi connectivity index (χ3v) is 4.33. The molecular weight excluding hydrogens is 355 g/mol. The van der Waals surface area contributed by atoms with Gasteiger partial charge in [-0.25, -0.2) is 0 Å². The Labute approximate surface area is 154 Å². The number of likely N-dealkylation sites (tertiary alicyclic amines) is 1. The number of hydrogen-bond donors (Lipinski definition) is 1. The van der Waals surface area contributed by atoms with Gasteiger partial charge in [-0.1, -0.05) is 5.16 Å². The van der Waals surface area contributed by atoms with Gasteiger partial charge in [0.05, 0.1) is 19.6 Å². The van der Waals surface area contributed by atoms with Gasteiger partial charge in [0.25, 0.3) is 0 Å². The average Bonchev–Trinajstić information content (AvgIpc) is 3.19. The van der Waals surface area contributed by atoms with Gasteiger partial charge in [0.2, 0.25) is 11.8 Å². The Morgan fingerprint density at radius 1 is 1.04 bits per heavy atom. The number of carbonyl (C=O) groups is 1. The minimum Gasteiger partial charge on any atom is -0.339 e. The van der Waals surface area contributed by atoms with E-state index in [0.29, 0.717) is 24.8 Å². The molecule has 3 rings (SSSR count). The SMILES string of the molecule is Cl.Cl.NCc1nc(CN2CCN(C(=O)CN3CCCC3)CC2)no1. The second-order valence-corrected chi connectivity index (χ2v) is 5.95. The quantitative estimate of drug-likeness (QED) is 0.774. The van der Waals surface area contributed by atoms with Crippen molar-refractivity contribution in [3.63, 3.8) is 0 Å². The molecule has 2 aliphatic heterocycles. The van der Waals surface area contributed by atoms with Crippen LogP contribution in [0.25, 0.3) is 0 Å². The van der Waals surface area contributed by atoms with Gasteiger partial charge in [-0.3, -0.25) is 14.6 Å². The van der Waals surface area contributed by atoms with Crippen LogP contribution in [0.15, 0.2) is 4.52 Å². The van der Waals surface area contributed by atoms with E-state index in [1.807, 2.05) is 4.90 Å². The third-order valence-electron chi connectivity index (χ3n) is 4.33. The monoisotopic (exact) mass is 380 g/mol. The molecule has 8 nitrogen and oxygen atoms in total. The number of halogens is 2. The van der Waals surface area contributed by atoms with Crippen LogP contribution in [-0.2, 0) is 17.9 Å². The van der Waals surface area contributed by atoms with Gasteiger partial charge in [0.1, 0.15) is 0 Å². The first-order valence-electron chi connectivity index (χ1n) is 7.98. The zero-order chi connectivity index (χ0) is 15.4. The zero-order valence-electron chi connectivity index (χ0n) is 13.7. The molecule has 10 heteroatoms. The molecule has 0 aromatic carbocycles. The molecule has 0 spiro atoms. The number of piperazine rings is 1. The summed E-state index contributed by atoms with van der Waals surface area (Å²) >= 11 is 0. The summed E-state index contributed by atoms with van der Waals surface area (Å²) in [7, 11) is 0. The lowest BCUT2D eigenvalue weighted by Crippen LogP contribution is -2.50. The summed E-state index contributed by atoms with van der Waals surface area (Å²) in [6, 6.07) is 0. The smallest absolute Gasteiger partial charge is 0.240 e. The van der Waals surface area contributed by atoms with Crippen LogP contribution in [0.4, 0.5) is 0 Å². The van der Waals surface area contributed by atoms with E-state index >= 15 is 0 Å². The fraction of sp³-hybridized carbons (Fsp3) is 0.786. The zero-order valence-corrected chi connectivity index (χ0v) is 15.4. The van der Waals surface area contributed by atoms with E-state index in [9.17, 15) is 4.79 Å². The Bertz CT molecular complexity index is 501. The van der Waals surface area contributed by atoms with Gasteiger partial charge in [-0.15, -0.1) is 24.8 Å². The lowest BCUT2D eigenvalue weighted by molar-refractivity contribution is -0.134. The maximum absolute atomic E-state index is 12.3. The van der Waals surface area contributed by atoms with Crippen molar-refractivity contribution in [2.45, 2.75) is 25.9 Å². The summed E-state index contributed by atoms with van der Waals surface area (Å²) in [5, 5.41) is 3.91. The number of amides is 1. The summed E-state index contributed by atoms with van der Waals surface area (Å²) in [5.41, 5.74) is 5.46. The van der Waals surface area contributed by atoms with E-state index < -0.39 is 0 Å². The van der Waals surface area contributed by atoms with E-state index in [0.717, 1.165) is 39.3 Å². The minimum atomic E-state index is 0. The van der Waals surface area contributed by atoms with Crippen LogP contribution in [0, 0.1) is 0 Å². The van der Waals surface area contributed by atoms with Crippen LogP contribution >= 0.6 is 24.8 Å². The van der Waals surface area contributed by atoms with Gasteiger partial charge in [0, 0.05) is 26.2 Å². The molecule has 1 aromatic rings. The van der Waals surface area contributed by atoms with Crippen molar-refractivity contribution in [2.24, 2.45) is 5.73 Å². The number of nitrogens with two attached hydrogens (primary N) is 1. The Kier molecular flexibility index (Phi) is 8.93. The fourth-order valence-corrected chi connectivity index (χ4v) is 3.02. The van der Waals surface area contributed by atoms with Crippen LogP contribution in [-0.4, -0.2) is 76.6 Å². The summed E-state index contributed by atoms with van der Waals surface area (Å²) < 4.78 is 5.01. The van der Waals surface area contributed by atoms with Crippen molar-refractivity contribution in [1.29, 1.82) is 0 Å². The van der Waals surface area contributed by atoms with Crippen molar-refractivity contribution in [2.75, 3.05) is 45.8 Å². The third kappa shape index (κ3) is 5.56. The fourth-order valence-electron chi connectivity index (χ4n) is 3.02. The molecule has 3 heterocycles. The number of carbonyl (C=O) groups excluding carboxylic acids is 1. The van der Waals surface area contributed by atoms with E-state index in [1.54, 1.807) is 0 Å². The molecule has 0 saturated carbocycles. The normalized spacial score (nSPS) is 19.0. The highest BCUT2D eigenvalue weighted by Gasteiger charge is 2.24. The second-order valence-electron chi connectivity index (χ2n) is 5.95. The lowest BCUT2D eigenvalue weighted by atomic mass is 10.3. The molecular formula is C14H26Cl2N6O2. The summed E-state index contributed by atoms with van der Waals surface area (Å²) in [4.78, 5) is 22.9. The van der Waals surface area contributed by atoms with Crippen LogP contribution in [0.1, 0.15) is 24.6 Å². The molecule has 24 heavy (non-hydrogen) atoms. The number of aromatic nitrogens is 2. The van der Waals surface area contributed by atoms with Crippen molar-refractivity contribution in [3.05, 3.63) is 11.7 Å². The average molecular weight is 381 g/mol. The molecule has 2 N–H and O–H groups in total. The molecule has 0 radical (unpaired) electrons. The van der Waals surface area contributed by atoms with E-state index in [4.69, 9.17) is 10.3 Å². The predicted molar refractivity (Wildman–Crippen MR) is 94.2 cm³/mol. The van der Waals surface area contributed by atoms with Gasteiger partial charge >= 0.3 is 0 Å². The van der Waals surface area contributed by atoms with Crippen LogP contribution < -0.4 is 5.73 Å². The lowest BCUT2D eigenvalue weighted by Gasteiger charge is -2.34. The Morgan fingerprint density at radius 2 is 1.71 bits per heavy atom. The van der Waals surface area contributed by atoms with Gasteiger partial charge in [-0.2, -0.15) is 4.98 Å². The summed E-state index contributed by atoms with van der Waals surface area (Å²) in [5.74, 6) is 1.39. The summed E-state index contributed by atoms with van der Waals surface area (Å²) in [6.07, 6.45) is 2.44. The highest BCUT2D eigenvalue weighted by Crippen LogP contribution is 2.10. The molecule has 0 aliphatic carbocycles. The first-order chi connectivity index (χ1) is 10.7. The second kappa shape index (κ2) is 10.1. The Morgan fingerprint density at radius 3 is 2.29 bits per heavy atom. The Hall–Kier alpha value is -0.930. The maximum Gasteiger partial charge on any atom is 0.240 e. The van der Waals surface area contributed by atoms with E-state index in [2.05, 4.69) is 19.9 Å². The largest absolute Gasteiger partial charge is 0.339 e. The minimum absolute atomic E-state index is 0. The van der Waals surface area contributed by atoms with Crippen LogP contribution in [0.3, 0.4) is 0 Å². The molecule has 1 amide bonds. The van der Waals surface area contributed by atoms with E-state index in [-0.39, 0.29) is 37.3 Å². The van der Waals surface area contributed by atoms with Crippen molar-refractivity contribution in [1.82, 2.24) is 24.8 Å². The molecule has 0 atom stereocenters. The molecule has 2 saturated heterocycles. The number of hydrogen-bond acceptors (Lipinski definition) is 7. The topological polar surface area (TPSA) is 91.7 Å². The van der Waals surface area contributed by atoms with Gasteiger partial charge in [0.15, 0.2) is 5.82 Å². The highest BCUT2D eigenvalue weighted by molar-refractivity contribution is 5.85. The molecule has 0 bridgehead atoms. The van der Waals surface area contributed by atoms with Crippen LogP contribution in [0.5, 0.6) is 0 Å². The first kappa shape index (κ1) is 21.1. The Balaban J connectivity index is 0.00000144. The van der Waals surface area contributed by atoms with Crippen molar-refractivity contribution in [3.8, 4) is 0 Å². The number of nitrogens with zero attached hydrogens (tertiary/aromatic N) is 5. The molecule has 0 unspecified atom stereocenters. The van der Waals surface area contributed by atoms with Gasteiger partial charge in [-0.05, 0) is 25.9 Å². The molecule has 2 aliphatic rings. The highest BCUT2D eigenvalue weighted by atomic mass is 35.5. The maximum atomic E-state index is 12.3. The first-order valence-corrected chi connectivity index (χ1v) is 7.98.